The van der Waals surface area contributed by atoms with E-state index in [-0.39, 0.29) is 22.9 Å². The molecule has 0 aromatic carbocycles. The van der Waals surface area contributed by atoms with E-state index in [9.17, 15) is 18.0 Å². The lowest BCUT2D eigenvalue weighted by Gasteiger charge is -2.01. The second-order valence-corrected chi connectivity index (χ2v) is 3.13. The second-order valence-electron chi connectivity index (χ2n) is 3.13. The second kappa shape index (κ2) is 3.22. The third kappa shape index (κ3) is 1.97. The fourth-order valence-corrected chi connectivity index (χ4v) is 1.25. The first-order chi connectivity index (χ1) is 7.35. The van der Waals surface area contributed by atoms with E-state index in [0.717, 1.165) is 0 Å². The molecule has 0 saturated carbocycles. The van der Waals surface area contributed by atoms with Crippen molar-refractivity contribution in [2.24, 2.45) is 0 Å². The van der Waals surface area contributed by atoms with Crippen LogP contribution in [0.25, 0.3) is 11.2 Å². The molecule has 2 aromatic heterocycles. The number of aromatic amines is 2. The number of fused-ring (bicyclic) bond motifs is 1. The normalized spacial score (nSPS) is 12.2. The lowest BCUT2D eigenvalue weighted by Crippen LogP contribution is -2.13. The lowest BCUT2D eigenvalue weighted by molar-refractivity contribution is -0.128. The number of hydrogen-bond acceptors (Lipinski definition) is 4. The molecular formula is C7H6F3N5O. The van der Waals surface area contributed by atoms with Gasteiger partial charge in [-0.2, -0.15) is 18.2 Å². The van der Waals surface area contributed by atoms with Gasteiger partial charge in [-0.25, -0.2) is 4.98 Å². The largest absolute Gasteiger partial charge is 0.396 e. The number of halogens is 3. The third-order valence-corrected chi connectivity index (χ3v) is 1.80. The van der Waals surface area contributed by atoms with Crippen molar-refractivity contribution in [2.45, 2.75) is 12.6 Å². The van der Waals surface area contributed by atoms with Gasteiger partial charge in [-0.05, 0) is 0 Å². The summed E-state index contributed by atoms with van der Waals surface area (Å²) in [5, 5.41) is 0. The first-order valence-electron chi connectivity index (χ1n) is 4.16. The zero-order valence-electron chi connectivity index (χ0n) is 7.72. The van der Waals surface area contributed by atoms with Gasteiger partial charge < -0.3 is 10.7 Å². The molecule has 9 heteroatoms. The lowest BCUT2D eigenvalue weighted by atomic mass is 10.4. The number of hydrogen-bond donors (Lipinski definition) is 3. The van der Waals surface area contributed by atoms with E-state index in [0.29, 0.717) is 0 Å². The highest BCUT2D eigenvalue weighted by atomic mass is 19.4. The summed E-state index contributed by atoms with van der Waals surface area (Å²) in [4.78, 5) is 22.8. The van der Waals surface area contributed by atoms with Crippen LogP contribution >= 0.6 is 0 Å². The van der Waals surface area contributed by atoms with Crippen molar-refractivity contribution in [1.82, 2.24) is 19.9 Å². The highest BCUT2D eigenvalue weighted by Crippen LogP contribution is 2.20. The molecule has 0 aliphatic carbocycles. The summed E-state index contributed by atoms with van der Waals surface area (Å²) in [6.07, 6.45) is -5.64. The van der Waals surface area contributed by atoms with Crippen LogP contribution in [0.2, 0.25) is 0 Å². The molecule has 0 bridgehead atoms. The van der Waals surface area contributed by atoms with Crippen LogP contribution in [-0.4, -0.2) is 26.1 Å². The maximum Gasteiger partial charge on any atom is 0.396 e. The minimum absolute atomic E-state index is 0.117. The van der Waals surface area contributed by atoms with Gasteiger partial charge in [0.25, 0.3) is 5.56 Å². The summed E-state index contributed by atoms with van der Waals surface area (Å²) in [5.74, 6) is -0.561. The van der Waals surface area contributed by atoms with E-state index >= 15 is 0 Å². The topological polar surface area (TPSA) is 100 Å². The molecule has 4 N–H and O–H groups in total. The first kappa shape index (κ1) is 10.5. The quantitative estimate of drug-likeness (QED) is 0.660. The van der Waals surface area contributed by atoms with Crippen molar-refractivity contribution in [2.75, 3.05) is 5.73 Å². The Balaban J connectivity index is 2.52. The van der Waals surface area contributed by atoms with Gasteiger partial charge in [0, 0.05) is 0 Å². The number of H-pyrrole nitrogens is 2. The summed E-state index contributed by atoms with van der Waals surface area (Å²) in [6.45, 7) is 0. The molecule has 0 aliphatic rings. The molecule has 6 nitrogen and oxygen atoms in total. The average Bonchev–Trinajstić information content (AvgIpc) is 2.43. The van der Waals surface area contributed by atoms with Crippen molar-refractivity contribution < 1.29 is 13.2 Å². The Hall–Kier alpha value is -2.06. The molecule has 2 heterocycles. The Labute approximate surface area is 85.7 Å². The smallest absolute Gasteiger partial charge is 0.369 e. The molecule has 0 aliphatic heterocycles. The van der Waals surface area contributed by atoms with Crippen molar-refractivity contribution in [1.29, 1.82) is 0 Å². The SMILES string of the molecule is Nc1nc2nc(CC(F)(F)F)[nH]c2c(=O)[nH]1. The average molecular weight is 233 g/mol. The zero-order valence-corrected chi connectivity index (χ0v) is 7.72. The van der Waals surface area contributed by atoms with Crippen LogP contribution in [-0.2, 0) is 6.42 Å². The zero-order chi connectivity index (χ0) is 11.9. The third-order valence-electron chi connectivity index (χ3n) is 1.80. The van der Waals surface area contributed by atoms with Crippen molar-refractivity contribution in [3.8, 4) is 0 Å². The van der Waals surface area contributed by atoms with Crippen LogP contribution in [0, 0.1) is 0 Å². The Morgan fingerprint density at radius 2 is 1.94 bits per heavy atom. The molecule has 0 atom stereocenters. The molecule has 16 heavy (non-hydrogen) atoms. The van der Waals surface area contributed by atoms with E-state index < -0.39 is 18.2 Å². The summed E-state index contributed by atoms with van der Waals surface area (Å²) < 4.78 is 36.2. The van der Waals surface area contributed by atoms with Gasteiger partial charge in [0.05, 0.1) is 0 Å². The molecule has 0 spiro atoms. The number of nitrogens with one attached hydrogen (secondary N) is 2. The number of nitrogen functional groups attached to an aromatic ring is 1. The highest BCUT2D eigenvalue weighted by Gasteiger charge is 2.29. The number of nitrogens with zero attached hydrogens (tertiary/aromatic N) is 2. The fraction of sp³-hybridized carbons (Fsp3) is 0.286. The molecule has 0 unspecified atom stereocenters. The molecule has 86 valence electrons. The monoisotopic (exact) mass is 233 g/mol. The Morgan fingerprint density at radius 3 is 2.56 bits per heavy atom. The van der Waals surface area contributed by atoms with E-state index in [1.165, 1.54) is 0 Å². The van der Waals surface area contributed by atoms with Gasteiger partial charge in [-0.15, -0.1) is 0 Å². The predicted octanol–water partition coefficient (Wildman–Crippen LogP) is 0.333. The fourth-order valence-electron chi connectivity index (χ4n) is 1.25. The van der Waals surface area contributed by atoms with Gasteiger partial charge >= 0.3 is 6.18 Å². The molecule has 0 radical (unpaired) electrons. The van der Waals surface area contributed by atoms with Gasteiger partial charge in [0.2, 0.25) is 5.95 Å². The highest BCUT2D eigenvalue weighted by molar-refractivity contribution is 5.70. The van der Waals surface area contributed by atoms with Crippen LogP contribution in [0.3, 0.4) is 0 Å². The standard InChI is InChI=1S/C7H6F3N5O/c8-7(9,10)1-2-12-3-4(13-2)14-6(11)15-5(3)16/h1H2,(H4,11,12,13,14,15,16). The number of alkyl halides is 3. The Bertz CT molecular complexity index is 584. The number of aromatic nitrogens is 4. The van der Waals surface area contributed by atoms with Crippen LogP contribution in [0.5, 0.6) is 0 Å². The summed E-state index contributed by atoms with van der Waals surface area (Å²) in [5.41, 5.74) is 4.33. The van der Waals surface area contributed by atoms with Crippen molar-refractivity contribution >= 4 is 17.1 Å². The van der Waals surface area contributed by atoms with Gasteiger partial charge in [0.1, 0.15) is 12.2 Å². The van der Waals surface area contributed by atoms with Crippen molar-refractivity contribution in [3.05, 3.63) is 16.2 Å². The van der Waals surface area contributed by atoms with Gasteiger partial charge in [-0.1, -0.05) is 0 Å². The van der Waals surface area contributed by atoms with Gasteiger partial charge in [-0.3, -0.25) is 9.78 Å². The summed E-state index contributed by atoms with van der Waals surface area (Å²) in [6, 6.07) is 0. The Morgan fingerprint density at radius 1 is 1.25 bits per heavy atom. The number of nitrogens with two attached hydrogens (primary N) is 1. The van der Waals surface area contributed by atoms with E-state index in [1.54, 1.807) is 0 Å². The number of imidazole rings is 1. The summed E-state index contributed by atoms with van der Waals surface area (Å²) >= 11 is 0. The predicted molar refractivity (Wildman–Crippen MR) is 48.7 cm³/mol. The van der Waals surface area contributed by atoms with E-state index in [2.05, 4.69) is 19.9 Å². The maximum absolute atomic E-state index is 12.1. The minimum atomic E-state index is -4.40. The summed E-state index contributed by atoms with van der Waals surface area (Å²) in [7, 11) is 0. The van der Waals surface area contributed by atoms with E-state index in [1.807, 2.05) is 0 Å². The minimum Gasteiger partial charge on any atom is -0.369 e. The molecular weight excluding hydrogens is 227 g/mol. The Kier molecular flexibility index (Phi) is 2.10. The first-order valence-corrected chi connectivity index (χ1v) is 4.16. The molecule has 0 saturated heterocycles. The van der Waals surface area contributed by atoms with Crippen LogP contribution in [0.4, 0.5) is 19.1 Å². The molecule has 0 amide bonds. The maximum atomic E-state index is 12.1. The van der Waals surface area contributed by atoms with Gasteiger partial charge in [0.15, 0.2) is 11.2 Å². The van der Waals surface area contributed by atoms with Crippen LogP contribution < -0.4 is 11.3 Å². The molecule has 2 aromatic rings. The molecule has 0 fully saturated rings. The van der Waals surface area contributed by atoms with Crippen LogP contribution in [0.1, 0.15) is 5.82 Å². The van der Waals surface area contributed by atoms with Crippen molar-refractivity contribution in [3.63, 3.8) is 0 Å². The van der Waals surface area contributed by atoms with E-state index in [4.69, 9.17) is 5.73 Å². The number of anilines is 1. The number of rotatable bonds is 1. The molecule has 2 rings (SSSR count). The van der Waals surface area contributed by atoms with Crippen LogP contribution in [0.15, 0.2) is 4.79 Å².